The van der Waals surface area contributed by atoms with Crippen LogP contribution in [0.25, 0.3) is 5.76 Å². The summed E-state index contributed by atoms with van der Waals surface area (Å²) in [7, 11) is 1.55. The number of carbonyl (C=O) groups excluding carboxylic acids is 2. The van der Waals surface area contributed by atoms with Crippen LogP contribution in [-0.2, 0) is 16.1 Å². The van der Waals surface area contributed by atoms with Gasteiger partial charge in [0.05, 0.1) is 31.4 Å². The minimum atomic E-state index is -0.808. The first-order valence-electron chi connectivity index (χ1n) is 12.7. The van der Waals surface area contributed by atoms with Crippen molar-refractivity contribution in [3.63, 3.8) is 0 Å². The van der Waals surface area contributed by atoms with Gasteiger partial charge in [-0.1, -0.05) is 43.3 Å². The largest absolute Gasteiger partial charge is 0.507 e. The summed E-state index contributed by atoms with van der Waals surface area (Å²) in [5.74, 6) is 0.210. The third kappa shape index (κ3) is 5.83. The zero-order valence-electron chi connectivity index (χ0n) is 22.1. The van der Waals surface area contributed by atoms with E-state index in [0.717, 1.165) is 17.7 Å². The molecule has 1 saturated heterocycles. The van der Waals surface area contributed by atoms with E-state index in [1.54, 1.807) is 49.6 Å². The van der Waals surface area contributed by atoms with E-state index < -0.39 is 17.7 Å². The Kier molecular flexibility index (Phi) is 8.36. The molecule has 1 amide bonds. The number of methoxy groups -OCH3 is 1. The van der Waals surface area contributed by atoms with Crippen molar-refractivity contribution in [2.45, 2.75) is 45.9 Å². The standard InChI is InChI=1S/C31H33NO6/c1-5-16-37-26-11-7-9-23(18-26)29(33)27-28(22-8-6-10-25(17-22)36-4)32(31(35)30(27)34)19-21-12-14-24(15-13-21)38-20(2)3/h6-15,17-18,20,28,33H,5,16,19H2,1-4H3/b29-27-. The number of Topliss-reactive ketones (excluding diaryl/α,β-unsaturated/α-hetero) is 1. The van der Waals surface area contributed by atoms with Gasteiger partial charge >= 0.3 is 0 Å². The lowest BCUT2D eigenvalue weighted by Gasteiger charge is -2.26. The minimum absolute atomic E-state index is 0.0238. The Bertz CT molecular complexity index is 1330. The topological polar surface area (TPSA) is 85.3 Å². The third-order valence-corrected chi connectivity index (χ3v) is 6.18. The van der Waals surface area contributed by atoms with E-state index in [-0.39, 0.29) is 24.0 Å². The number of carbonyl (C=O) groups is 2. The Hall–Kier alpha value is -4.26. The molecule has 0 radical (unpaired) electrons. The number of hydrogen-bond donors (Lipinski definition) is 1. The molecule has 0 bridgehead atoms. The lowest BCUT2D eigenvalue weighted by Crippen LogP contribution is -2.29. The Balaban J connectivity index is 1.77. The molecule has 1 atom stereocenters. The number of benzene rings is 3. The summed E-state index contributed by atoms with van der Waals surface area (Å²) >= 11 is 0. The molecule has 7 heteroatoms. The van der Waals surface area contributed by atoms with Gasteiger partial charge in [0.1, 0.15) is 23.0 Å². The van der Waals surface area contributed by atoms with Crippen molar-refractivity contribution in [2.75, 3.05) is 13.7 Å². The molecule has 0 spiro atoms. The second-order valence-corrected chi connectivity index (χ2v) is 9.39. The van der Waals surface area contributed by atoms with Gasteiger partial charge in [-0.3, -0.25) is 9.59 Å². The van der Waals surface area contributed by atoms with Crippen molar-refractivity contribution in [1.82, 2.24) is 4.90 Å². The van der Waals surface area contributed by atoms with Gasteiger partial charge in [-0.25, -0.2) is 0 Å². The molecule has 1 aliphatic rings. The second kappa shape index (κ2) is 11.9. The van der Waals surface area contributed by atoms with Crippen LogP contribution in [0.4, 0.5) is 0 Å². The Labute approximate surface area is 223 Å². The predicted molar refractivity (Wildman–Crippen MR) is 145 cm³/mol. The monoisotopic (exact) mass is 515 g/mol. The zero-order chi connectivity index (χ0) is 27.2. The van der Waals surface area contributed by atoms with Crippen molar-refractivity contribution < 1.29 is 28.9 Å². The molecule has 0 aromatic heterocycles. The first kappa shape index (κ1) is 26.8. The molecule has 3 aromatic rings. The average Bonchev–Trinajstić information content (AvgIpc) is 3.17. The van der Waals surface area contributed by atoms with Crippen molar-refractivity contribution >= 4 is 17.4 Å². The van der Waals surface area contributed by atoms with Crippen LogP contribution in [0.5, 0.6) is 17.2 Å². The molecule has 198 valence electrons. The number of hydrogen-bond acceptors (Lipinski definition) is 6. The van der Waals surface area contributed by atoms with E-state index in [1.807, 2.05) is 51.1 Å². The molecular formula is C31H33NO6. The molecule has 1 fully saturated rings. The Morgan fingerprint density at radius 3 is 2.34 bits per heavy atom. The first-order chi connectivity index (χ1) is 18.3. The van der Waals surface area contributed by atoms with E-state index in [2.05, 4.69) is 0 Å². The molecule has 1 aliphatic heterocycles. The van der Waals surface area contributed by atoms with E-state index in [1.165, 1.54) is 4.90 Å². The highest BCUT2D eigenvalue weighted by atomic mass is 16.5. The summed E-state index contributed by atoms with van der Waals surface area (Å²) in [6.07, 6.45) is 0.875. The van der Waals surface area contributed by atoms with Crippen LogP contribution >= 0.6 is 0 Å². The number of ether oxygens (including phenoxy) is 3. The SMILES string of the molecule is CCCOc1cccc(/C(O)=C2/C(=O)C(=O)N(Cc3ccc(OC(C)C)cc3)C2c2cccc(OC)c2)c1. The third-order valence-electron chi connectivity index (χ3n) is 6.18. The smallest absolute Gasteiger partial charge is 0.295 e. The summed E-state index contributed by atoms with van der Waals surface area (Å²) < 4.78 is 16.8. The summed E-state index contributed by atoms with van der Waals surface area (Å²) in [6.45, 7) is 6.61. The highest BCUT2D eigenvalue weighted by Crippen LogP contribution is 2.41. The van der Waals surface area contributed by atoms with Crippen LogP contribution in [-0.4, -0.2) is 41.5 Å². The molecule has 1 N–H and O–H groups in total. The molecular weight excluding hydrogens is 482 g/mol. The van der Waals surface area contributed by atoms with E-state index in [4.69, 9.17) is 14.2 Å². The first-order valence-corrected chi connectivity index (χ1v) is 12.7. The normalized spacial score (nSPS) is 16.7. The molecule has 0 saturated carbocycles. The maximum absolute atomic E-state index is 13.4. The maximum atomic E-state index is 13.4. The number of aliphatic hydroxyl groups is 1. The van der Waals surface area contributed by atoms with Crippen LogP contribution in [0.2, 0.25) is 0 Å². The van der Waals surface area contributed by atoms with Crippen LogP contribution in [0.3, 0.4) is 0 Å². The van der Waals surface area contributed by atoms with Crippen molar-refractivity contribution in [3.05, 3.63) is 95.1 Å². The second-order valence-electron chi connectivity index (χ2n) is 9.39. The van der Waals surface area contributed by atoms with Gasteiger partial charge in [0.25, 0.3) is 11.7 Å². The van der Waals surface area contributed by atoms with Crippen molar-refractivity contribution in [3.8, 4) is 17.2 Å². The average molecular weight is 516 g/mol. The fraction of sp³-hybridized carbons (Fsp3) is 0.290. The van der Waals surface area contributed by atoms with Crippen LogP contribution in [0.15, 0.2) is 78.4 Å². The number of likely N-dealkylation sites (tertiary alicyclic amines) is 1. The number of nitrogens with zero attached hydrogens (tertiary/aromatic N) is 1. The maximum Gasteiger partial charge on any atom is 0.295 e. The summed E-state index contributed by atoms with van der Waals surface area (Å²) in [6, 6.07) is 20.7. The Morgan fingerprint density at radius 1 is 0.947 bits per heavy atom. The quantitative estimate of drug-likeness (QED) is 0.206. The van der Waals surface area contributed by atoms with Gasteiger partial charge in [0, 0.05) is 12.1 Å². The summed E-state index contributed by atoms with van der Waals surface area (Å²) in [5.41, 5.74) is 1.91. The molecule has 7 nitrogen and oxygen atoms in total. The molecule has 1 heterocycles. The van der Waals surface area contributed by atoms with Gasteiger partial charge in [-0.15, -0.1) is 0 Å². The van der Waals surface area contributed by atoms with Gasteiger partial charge in [0.15, 0.2) is 0 Å². The van der Waals surface area contributed by atoms with Gasteiger partial charge < -0.3 is 24.2 Å². The zero-order valence-corrected chi connectivity index (χ0v) is 22.1. The van der Waals surface area contributed by atoms with Gasteiger partial charge in [-0.05, 0) is 67.8 Å². The van der Waals surface area contributed by atoms with Crippen molar-refractivity contribution in [2.24, 2.45) is 0 Å². The lowest BCUT2D eigenvalue weighted by atomic mass is 9.95. The minimum Gasteiger partial charge on any atom is -0.507 e. The number of amides is 1. The molecule has 1 unspecified atom stereocenters. The fourth-order valence-corrected chi connectivity index (χ4v) is 4.45. The molecule has 4 rings (SSSR count). The van der Waals surface area contributed by atoms with E-state index in [9.17, 15) is 14.7 Å². The highest BCUT2D eigenvalue weighted by molar-refractivity contribution is 6.46. The lowest BCUT2D eigenvalue weighted by molar-refractivity contribution is -0.140. The number of rotatable bonds is 10. The van der Waals surface area contributed by atoms with E-state index in [0.29, 0.717) is 29.2 Å². The molecule has 38 heavy (non-hydrogen) atoms. The van der Waals surface area contributed by atoms with Gasteiger partial charge in [0.2, 0.25) is 0 Å². The fourth-order valence-electron chi connectivity index (χ4n) is 4.45. The van der Waals surface area contributed by atoms with Gasteiger partial charge in [-0.2, -0.15) is 0 Å². The summed E-state index contributed by atoms with van der Waals surface area (Å²) in [5, 5.41) is 11.4. The molecule has 0 aliphatic carbocycles. The van der Waals surface area contributed by atoms with Crippen LogP contribution < -0.4 is 14.2 Å². The van der Waals surface area contributed by atoms with Crippen LogP contribution in [0.1, 0.15) is 49.9 Å². The van der Waals surface area contributed by atoms with Crippen LogP contribution in [0, 0.1) is 0 Å². The number of aliphatic hydroxyl groups excluding tert-OH is 1. The van der Waals surface area contributed by atoms with Crippen molar-refractivity contribution in [1.29, 1.82) is 0 Å². The van der Waals surface area contributed by atoms with E-state index >= 15 is 0 Å². The predicted octanol–water partition coefficient (Wildman–Crippen LogP) is 5.89. The highest BCUT2D eigenvalue weighted by Gasteiger charge is 2.46. The summed E-state index contributed by atoms with van der Waals surface area (Å²) in [4.78, 5) is 28.2. The number of ketones is 1. The Morgan fingerprint density at radius 2 is 1.66 bits per heavy atom. The molecule has 3 aromatic carbocycles.